The monoisotopic (exact) mass is 1960 g/mol. The maximum absolute atomic E-state index is 6.53. The number of benzene rings is 19. The molecule has 0 amide bonds. The molecule has 146 heavy (non-hydrogen) atoms. The molecular formula is C126H76Cl4N12O4. The van der Waals surface area contributed by atoms with Crippen molar-refractivity contribution < 1.29 is 17.7 Å². The minimum atomic E-state index is 0.145. The number of aromatic nitrogens is 12. The molecule has 27 aromatic rings. The van der Waals surface area contributed by atoms with Crippen LogP contribution >= 0.6 is 46.4 Å². The van der Waals surface area contributed by atoms with Gasteiger partial charge in [0.15, 0.2) is 46.6 Å². The summed E-state index contributed by atoms with van der Waals surface area (Å²) in [4.78, 5) is 54.7. The lowest BCUT2D eigenvalue weighted by atomic mass is 9.95. The molecule has 0 saturated carbocycles. The molecule has 0 bridgehead atoms. The molecule has 19 aromatic carbocycles. The number of nitrogens with zero attached hydrogens (tertiary/aromatic N) is 12. The van der Waals surface area contributed by atoms with Crippen molar-refractivity contribution in [1.82, 2.24) is 59.8 Å². The summed E-state index contributed by atoms with van der Waals surface area (Å²) >= 11 is 25.5. The Morgan fingerprint density at radius 2 is 0.336 bits per heavy atom. The number of furan rings is 4. The maximum atomic E-state index is 6.53. The van der Waals surface area contributed by atoms with E-state index in [2.05, 4.69) is 222 Å². The van der Waals surface area contributed by atoms with Crippen LogP contribution in [0.5, 0.6) is 0 Å². The largest absolute Gasteiger partial charge is 0.456 e. The van der Waals surface area contributed by atoms with Gasteiger partial charge in [-0.3, -0.25) is 0 Å². The van der Waals surface area contributed by atoms with Crippen LogP contribution in [0.2, 0.25) is 21.1 Å². The maximum Gasteiger partial charge on any atom is 0.226 e. The average molecular weight is 1960 g/mol. The first-order valence-corrected chi connectivity index (χ1v) is 48.7. The van der Waals surface area contributed by atoms with Crippen LogP contribution in [0.1, 0.15) is 0 Å². The SMILES string of the molecule is Clc1nc(-c2ccc(-c3ccccc3)cc2)nc(-c2cccc3oc4ccc(-c5ccccc5)cc4c23)n1.Clc1nc(-c2ccccc2)nc(-c2cccc3oc4c(-c5ccccc5)cc(-c5ccccc5)cc4c23)n1.Clc1nc(-c2ccccc2)nc(-c2cccc3oc4ccc(-c5ccc(-c6ccccc6)cc5)cc4c23)n1.Clc1nc(-c2ccccc2)nc(-c2cccc3oc4ccc(-c5ccccc5)cc4c23)n1. The molecular weight excluding hydrogens is 1890 g/mol. The Morgan fingerprint density at radius 3 is 0.630 bits per heavy atom. The fraction of sp³-hybridized carbons (Fsp3) is 0. The number of rotatable bonds is 15. The molecule has 0 saturated heterocycles. The fourth-order valence-corrected chi connectivity index (χ4v) is 19.3. The first kappa shape index (κ1) is 90.2. The van der Waals surface area contributed by atoms with E-state index in [-0.39, 0.29) is 21.1 Å². The van der Waals surface area contributed by atoms with Crippen molar-refractivity contribution in [2.24, 2.45) is 0 Å². The number of hydrogen-bond donors (Lipinski definition) is 0. The zero-order chi connectivity index (χ0) is 97.9. The van der Waals surface area contributed by atoms with Crippen molar-refractivity contribution in [3.63, 3.8) is 0 Å². The molecule has 0 N–H and O–H groups in total. The smallest absolute Gasteiger partial charge is 0.226 e. The Morgan fingerprint density at radius 1 is 0.130 bits per heavy atom. The summed E-state index contributed by atoms with van der Waals surface area (Å²) in [6.07, 6.45) is 0. The molecule has 0 aliphatic carbocycles. The summed E-state index contributed by atoms with van der Waals surface area (Å²) in [6, 6.07) is 155. The lowest BCUT2D eigenvalue weighted by Crippen LogP contribution is -1.97. The summed E-state index contributed by atoms with van der Waals surface area (Å²) in [7, 11) is 0. The van der Waals surface area contributed by atoms with Gasteiger partial charge in [0, 0.05) is 93.2 Å². The number of fused-ring (bicyclic) bond motifs is 12. The van der Waals surface area contributed by atoms with Crippen molar-refractivity contribution in [1.29, 1.82) is 0 Å². The number of halogens is 4. The van der Waals surface area contributed by atoms with E-state index in [1.165, 1.54) is 11.1 Å². The highest BCUT2D eigenvalue weighted by Crippen LogP contribution is 2.47. The highest BCUT2D eigenvalue weighted by Gasteiger charge is 2.26. The van der Waals surface area contributed by atoms with Crippen molar-refractivity contribution in [3.8, 4) is 169 Å². The highest BCUT2D eigenvalue weighted by atomic mass is 35.5. The van der Waals surface area contributed by atoms with Crippen LogP contribution in [0.4, 0.5) is 0 Å². The zero-order valence-corrected chi connectivity index (χ0v) is 80.4. The van der Waals surface area contributed by atoms with Gasteiger partial charge in [-0.2, -0.15) is 39.9 Å². The second-order valence-corrected chi connectivity index (χ2v) is 36.0. The first-order chi connectivity index (χ1) is 72.0. The second-order valence-electron chi connectivity index (χ2n) is 34.6. The molecule has 0 fully saturated rings. The van der Waals surface area contributed by atoms with E-state index in [1.54, 1.807) is 0 Å². The summed E-state index contributed by atoms with van der Waals surface area (Å²) in [5.41, 5.74) is 29.0. The molecule has 0 radical (unpaired) electrons. The van der Waals surface area contributed by atoms with E-state index in [0.29, 0.717) is 46.6 Å². The zero-order valence-electron chi connectivity index (χ0n) is 77.4. The Balaban J connectivity index is 0.000000105. The van der Waals surface area contributed by atoms with Crippen molar-refractivity contribution in [2.45, 2.75) is 0 Å². The average Bonchev–Trinajstić information content (AvgIpc) is 1.49. The van der Waals surface area contributed by atoms with E-state index in [0.717, 1.165) is 199 Å². The molecule has 0 atom stereocenters. The molecule has 0 aliphatic rings. The van der Waals surface area contributed by atoms with Crippen LogP contribution in [0.15, 0.2) is 479 Å². The lowest BCUT2D eigenvalue weighted by molar-refractivity contribution is 0.668. The van der Waals surface area contributed by atoms with Crippen LogP contribution in [0, 0.1) is 0 Å². The minimum Gasteiger partial charge on any atom is -0.456 e. The van der Waals surface area contributed by atoms with Crippen LogP contribution in [-0.4, -0.2) is 59.8 Å². The Bertz CT molecular complexity index is 9520. The molecule has 0 spiro atoms. The summed E-state index contributed by atoms with van der Waals surface area (Å²) in [5, 5.41) is 8.41. The van der Waals surface area contributed by atoms with Gasteiger partial charge in [-0.25, -0.2) is 19.9 Å². The number of hydrogen-bond acceptors (Lipinski definition) is 16. The van der Waals surface area contributed by atoms with Gasteiger partial charge < -0.3 is 17.7 Å². The van der Waals surface area contributed by atoms with Crippen molar-refractivity contribution >= 4 is 134 Å². The third kappa shape index (κ3) is 18.5. The van der Waals surface area contributed by atoms with Gasteiger partial charge in [-0.1, -0.05) is 388 Å². The predicted octanol–water partition coefficient (Wildman–Crippen LogP) is 34.7. The normalized spacial score (nSPS) is 11.3. The molecule has 8 aromatic heterocycles. The molecule has 27 rings (SSSR count). The van der Waals surface area contributed by atoms with Gasteiger partial charge in [0.1, 0.15) is 44.7 Å². The summed E-state index contributed by atoms with van der Waals surface area (Å²) in [6.45, 7) is 0. The van der Waals surface area contributed by atoms with Crippen molar-refractivity contribution in [3.05, 3.63) is 482 Å². The molecule has 16 nitrogen and oxygen atoms in total. The van der Waals surface area contributed by atoms with Gasteiger partial charge in [-0.15, -0.1) is 0 Å². The Labute approximate surface area is 856 Å². The van der Waals surface area contributed by atoms with Gasteiger partial charge >= 0.3 is 0 Å². The first-order valence-electron chi connectivity index (χ1n) is 47.2. The predicted molar refractivity (Wildman–Crippen MR) is 590 cm³/mol. The minimum absolute atomic E-state index is 0.145. The molecule has 20 heteroatoms. The Kier molecular flexibility index (Phi) is 24.7. The van der Waals surface area contributed by atoms with E-state index in [1.807, 2.05) is 279 Å². The topological polar surface area (TPSA) is 207 Å². The molecule has 0 unspecified atom stereocenters. The van der Waals surface area contributed by atoms with Crippen molar-refractivity contribution in [2.75, 3.05) is 0 Å². The second kappa shape index (κ2) is 39.9. The van der Waals surface area contributed by atoms with Gasteiger partial charge in [0.25, 0.3) is 0 Å². The van der Waals surface area contributed by atoms with Crippen LogP contribution < -0.4 is 0 Å². The van der Waals surface area contributed by atoms with Gasteiger partial charge in [-0.05, 0) is 192 Å². The van der Waals surface area contributed by atoms with E-state index in [4.69, 9.17) is 84.0 Å². The van der Waals surface area contributed by atoms with E-state index in [9.17, 15) is 0 Å². The van der Waals surface area contributed by atoms with Gasteiger partial charge in [0.2, 0.25) is 21.1 Å². The third-order valence-electron chi connectivity index (χ3n) is 25.6. The van der Waals surface area contributed by atoms with Crippen LogP contribution in [0.25, 0.3) is 257 Å². The van der Waals surface area contributed by atoms with Crippen LogP contribution in [-0.2, 0) is 0 Å². The molecule has 8 heterocycles. The standard InChI is InChI=1S/3C33H20ClN3O.C27H16ClN3O/c34-33-36-31(23-15-8-3-9-16-23)35-32(37-33)25-17-10-18-28-29(25)27-20-24(21-11-4-1-5-12-21)19-26(30(27)38-28)22-13-6-2-7-14-22;34-33-36-31(24-10-5-2-6-11-24)35-32(37-33)26-12-7-13-29-30(26)27-20-25(18-19-28(27)38-29)23-16-14-22(15-17-23)21-8-3-1-4-9-21;34-33-36-31(24-16-14-23(15-17-24)21-8-3-1-4-9-21)35-32(37-33)26-12-7-13-29-30(26)27-20-25(18-19-28(27)38-29)22-10-5-2-6-11-22;28-27-30-25(18-10-5-2-6-11-18)29-26(31-27)20-12-7-13-23-24(20)21-16-19(14-15-22(21)32-23)17-8-3-1-4-9-17/h3*1-20H;1-16H. The van der Waals surface area contributed by atoms with E-state index >= 15 is 0 Å². The summed E-state index contributed by atoms with van der Waals surface area (Å²) < 4.78 is 25.1. The van der Waals surface area contributed by atoms with Gasteiger partial charge in [0.05, 0.1) is 0 Å². The quantitative estimate of drug-likeness (QED) is 0.0935. The molecule has 0 aliphatic heterocycles. The lowest BCUT2D eigenvalue weighted by Gasteiger charge is -2.09. The third-order valence-corrected chi connectivity index (χ3v) is 26.2. The molecule has 692 valence electrons. The van der Waals surface area contributed by atoms with E-state index < -0.39 is 0 Å². The van der Waals surface area contributed by atoms with Crippen LogP contribution in [0.3, 0.4) is 0 Å². The Hall–Kier alpha value is -18.4. The highest BCUT2D eigenvalue weighted by molar-refractivity contribution is 6.30. The summed E-state index contributed by atoms with van der Waals surface area (Å²) in [5.74, 6) is 4.15. The fourth-order valence-electron chi connectivity index (χ4n) is 18.7.